The monoisotopic (exact) mass is 479 g/mol. The molecule has 0 aliphatic heterocycles. The molecule has 0 spiro atoms. The predicted molar refractivity (Wildman–Crippen MR) is 118 cm³/mol. The number of nitrogens with one attached hydrogen (secondary N) is 1. The number of anilines is 1. The van der Waals surface area contributed by atoms with Gasteiger partial charge in [0.25, 0.3) is 0 Å². The molecule has 2 heterocycles. The van der Waals surface area contributed by atoms with E-state index in [0.29, 0.717) is 10.6 Å². The van der Waals surface area contributed by atoms with Gasteiger partial charge >= 0.3 is 6.18 Å². The number of hydrogen-bond acceptors (Lipinski definition) is 5. The summed E-state index contributed by atoms with van der Waals surface area (Å²) in [6.45, 7) is 0. The number of nitrogens with zero attached hydrogens (tertiary/aromatic N) is 2. The van der Waals surface area contributed by atoms with Crippen LogP contribution in [0.15, 0.2) is 71.3 Å². The maximum Gasteiger partial charge on any atom is 0.418 e. The van der Waals surface area contributed by atoms with E-state index >= 15 is 0 Å². The summed E-state index contributed by atoms with van der Waals surface area (Å²) >= 11 is 8.33. The molecule has 31 heavy (non-hydrogen) atoms. The number of thiophene rings is 1. The Morgan fingerprint density at radius 3 is 2.61 bits per heavy atom. The van der Waals surface area contributed by atoms with Crippen LogP contribution in [0.5, 0.6) is 0 Å². The van der Waals surface area contributed by atoms with Gasteiger partial charge in [-0.15, -0.1) is 11.3 Å². The summed E-state index contributed by atoms with van der Waals surface area (Å²) in [5.41, 5.74) is -0.728. The topological polar surface area (TPSA) is 54.9 Å². The highest BCUT2D eigenvalue weighted by Crippen LogP contribution is 2.41. The molecule has 4 rings (SSSR count). The summed E-state index contributed by atoms with van der Waals surface area (Å²) in [4.78, 5) is 22.4. The van der Waals surface area contributed by atoms with Gasteiger partial charge in [0.15, 0.2) is 0 Å². The summed E-state index contributed by atoms with van der Waals surface area (Å²) < 4.78 is 40.4. The molecule has 2 aromatic carbocycles. The number of benzene rings is 2. The van der Waals surface area contributed by atoms with Crippen molar-refractivity contribution in [2.24, 2.45) is 0 Å². The first kappa shape index (κ1) is 21.6. The van der Waals surface area contributed by atoms with Crippen LogP contribution in [-0.4, -0.2) is 15.9 Å². The molecule has 1 atom stereocenters. The van der Waals surface area contributed by atoms with Crippen molar-refractivity contribution >= 4 is 56.5 Å². The molecule has 0 fully saturated rings. The molecule has 0 aliphatic carbocycles. The Hall–Kier alpha value is -2.62. The Bertz CT molecular complexity index is 1230. The average molecular weight is 480 g/mol. The van der Waals surface area contributed by atoms with Gasteiger partial charge in [0.2, 0.25) is 5.91 Å². The zero-order chi connectivity index (χ0) is 22.0. The molecular formula is C21H13ClF3N3OS2. The molecule has 4 nitrogen and oxygen atoms in total. The number of alkyl halides is 3. The van der Waals surface area contributed by atoms with E-state index in [0.717, 1.165) is 34.1 Å². The third kappa shape index (κ3) is 4.84. The largest absolute Gasteiger partial charge is 0.418 e. The SMILES string of the molecule is O=C(Nc1ccc(Cl)cc1C(F)(F)F)C(Sc1ncnc2sccc12)c1ccccc1. The van der Waals surface area contributed by atoms with E-state index in [1.165, 1.54) is 23.7 Å². The van der Waals surface area contributed by atoms with Crippen LogP contribution in [0.4, 0.5) is 18.9 Å². The van der Waals surface area contributed by atoms with E-state index in [9.17, 15) is 18.0 Å². The number of hydrogen-bond donors (Lipinski definition) is 1. The van der Waals surface area contributed by atoms with Crippen molar-refractivity contribution in [2.75, 3.05) is 5.32 Å². The molecule has 0 aliphatic rings. The van der Waals surface area contributed by atoms with E-state index in [1.54, 1.807) is 30.3 Å². The van der Waals surface area contributed by atoms with Crippen LogP contribution in [0.1, 0.15) is 16.4 Å². The first-order chi connectivity index (χ1) is 14.8. The Morgan fingerprint density at radius 2 is 1.87 bits per heavy atom. The van der Waals surface area contributed by atoms with Crippen molar-refractivity contribution in [2.45, 2.75) is 16.5 Å². The second kappa shape index (κ2) is 8.86. The summed E-state index contributed by atoms with van der Waals surface area (Å²) in [5, 5.41) is 4.74. The van der Waals surface area contributed by atoms with E-state index < -0.39 is 22.9 Å². The first-order valence-electron chi connectivity index (χ1n) is 8.90. The highest BCUT2D eigenvalue weighted by atomic mass is 35.5. The minimum atomic E-state index is -4.67. The zero-order valence-electron chi connectivity index (χ0n) is 15.6. The van der Waals surface area contributed by atoms with Gasteiger partial charge in [-0.3, -0.25) is 4.79 Å². The molecule has 1 amide bonds. The van der Waals surface area contributed by atoms with Crippen molar-refractivity contribution in [3.8, 4) is 0 Å². The number of halogens is 4. The van der Waals surface area contributed by atoms with Gasteiger partial charge in [-0.25, -0.2) is 9.97 Å². The van der Waals surface area contributed by atoms with Crippen LogP contribution in [0.25, 0.3) is 10.2 Å². The first-order valence-corrected chi connectivity index (χ1v) is 11.0. The van der Waals surface area contributed by atoms with Gasteiger partial charge in [0.1, 0.15) is 21.4 Å². The molecule has 0 saturated carbocycles. The fourth-order valence-corrected chi connectivity index (χ4v) is 4.98. The third-order valence-electron chi connectivity index (χ3n) is 4.34. The van der Waals surface area contributed by atoms with Crippen LogP contribution < -0.4 is 5.32 Å². The standard InChI is InChI=1S/C21H13ClF3N3OS2/c22-13-6-7-16(15(10-13)21(23,24)25)28-18(29)17(12-4-2-1-3-5-12)31-20-14-8-9-30-19(14)26-11-27-20/h1-11,17H,(H,28,29). The lowest BCUT2D eigenvalue weighted by molar-refractivity contribution is -0.137. The summed E-state index contributed by atoms with van der Waals surface area (Å²) in [6.07, 6.45) is -3.26. The van der Waals surface area contributed by atoms with E-state index in [1.807, 2.05) is 11.4 Å². The summed E-state index contributed by atoms with van der Waals surface area (Å²) in [7, 11) is 0. The number of carbonyl (C=O) groups excluding carboxylic acids is 1. The minimum Gasteiger partial charge on any atom is -0.324 e. The van der Waals surface area contributed by atoms with Gasteiger partial charge in [0, 0.05) is 10.4 Å². The highest BCUT2D eigenvalue weighted by molar-refractivity contribution is 8.00. The molecule has 0 saturated heterocycles. The molecule has 1 N–H and O–H groups in total. The number of carbonyl (C=O) groups is 1. The van der Waals surface area contributed by atoms with Gasteiger partial charge in [-0.1, -0.05) is 53.7 Å². The average Bonchev–Trinajstić information content (AvgIpc) is 3.23. The Labute approximate surface area is 188 Å². The molecule has 2 aromatic heterocycles. The second-order valence-electron chi connectivity index (χ2n) is 6.40. The third-order valence-corrected chi connectivity index (χ3v) is 6.67. The van der Waals surface area contributed by atoms with Crippen LogP contribution in [0, 0.1) is 0 Å². The van der Waals surface area contributed by atoms with E-state index in [4.69, 9.17) is 11.6 Å². The van der Waals surface area contributed by atoms with Gasteiger partial charge in [0.05, 0.1) is 11.3 Å². The van der Waals surface area contributed by atoms with Gasteiger partial charge < -0.3 is 5.32 Å². The lowest BCUT2D eigenvalue weighted by atomic mass is 10.1. The lowest BCUT2D eigenvalue weighted by Gasteiger charge is -2.19. The summed E-state index contributed by atoms with van der Waals surface area (Å²) in [5.74, 6) is -0.606. The molecule has 0 radical (unpaired) electrons. The van der Waals surface area contributed by atoms with E-state index in [2.05, 4.69) is 15.3 Å². The van der Waals surface area contributed by atoms with Crippen molar-refractivity contribution in [1.82, 2.24) is 9.97 Å². The number of rotatable bonds is 5. The number of amides is 1. The zero-order valence-corrected chi connectivity index (χ0v) is 17.9. The molecule has 4 aromatic rings. The lowest BCUT2D eigenvalue weighted by Crippen LogP contribution is -2.21. The minimum absolute atomic E-state index is 0.0693. The van der Waals surface area contributed by atoms with Crippen LogP contribution in [-0.2, 0) is 11.0 Å². The highest BCUT2D eigenvalue weighted by Gasteiger charge is 2.35. The van der Waals surface area contributed by atoms with Crippen LogP contribution in [0.2, 0.25) is 5.02 Å². The Morgan fingerprint density at radius 1 is 1.10 bits per heavy atom. The Balaban J connectivity index is 1.70. The van der Waals surface area contributed by atoms with Crippen molar-refractivity contribution in [3.63, 3.8) is 0 Å². The maximum absolute atomic E-state index is 13.5. The smallest absolute Gasteiger partial charge is 0.324 e. The molecule has 0 bridgehead atoms. The Kier molecular flexibility index (Phi) is 6.17. The molecular weight excluding hydrogens is 467 g/mol. The number of aromatic nitrogens is 2. The van der Waals surface area contributed by atoms with E-state index in [-0.39, 0.29) is 10.7 Å². The number of fused-ring (bicyclic) bond motifs is 1. The van der Waals surface area contributed by atoms with Crippen molar-refractivity contribution in [1.29, 1.82) is 0 Å². The second-order valence-corrected chi connectivity index (χ2v) is 8.83. The predicted octanol–water partition coefficient (Wildman–Crippen LogP) is 6.84. The van der Waals surface area contributed by atoms with Gasteiger partial charge in [-0.05, 0) is 35.2 Å². The van der Waals surface area contributed by atoms with Crippen molar-refractivity contribution < 1.29 is 18.0 Å². The molecule has 10 heteroatoms. The van der Waals surface area contributed by atoms with Gasteiger partial charge in [-0.2, -0.15) is 13.2 Å². The molecule has 1 unspecified atom stereocenters. The van der Waals surface area contributed by atoms with Crippen LogP contribution >= 0.6 is 34.7 Å². The molecule has 158 valence electrons. The normalized spacial score (nSPS) is 12.6. The van der Waals surface area contributed by atoms with Crippen molar-refractivity contribution in [3.05, 3.63) is 82.5 Å². The fourth-order valence-electron chi connectivity index (χ4n) is 2.93. The number of thioether (sulfide) groups is 1. The fraction of sp³-hybridized carbons (Fsp3) is 0.0952. The maximum atomic E-state index is 13.5. The summed E-state index contributed by atoms with van der Waals surface area (Å²) in [6, 6.07) is 13.9. The quantitative estimate of drug-likeness (QED) is 0.251. The van der Waals surface area contributed by atoms with Crippen LogP contribution in [0.3, 0.4) is 0 Å².